The van der Waals surface area contributed by atoms with Gasteiger partial charge in [-0.25, -0.2) is 13.4 Å². The quantitative estimate of drug-likeness (QED) is 0.543. The van der Waals surface area contributed by atoms with Crippen LogP contribution in [0.1, 0.15) is 19.2 Å². The van der Waals surface area contributed by atoms with Gasteiger partial charge in [-0.2, -0.15) is 4.31 Å². The van der Waals surface area contributed by atoms with Crippen LogP contribution in [0.15, 0.2) is 58.2 Å². The Hall–Kier alpha value is -2.75. The van der Waals surface area contributed by atoms with E-state index in [0.29, 0.717) is 55.9 Å². The van der Waals surface area contributed by atoms with Crippen LogP contribution < -0.4 is 10.3 Å². The molecule has 1 fully saturated rings. The number of hydrogen-bond donors (Lipinski definition) is 0. The fourth-order valence-electron chi connectivity index (χ4n) is 4.01. The molecule has 0 bridgehead atoms. The van der Waals surface area contributed by atoms with Gasteiger partial charge in [0.25, 0.3) is 5.56 Å². The third-order valence-corrected chi connectivity index (χ3v) is 7.69. The first-order valence-electron chi connectivity index (χ1n) is 10.8. The van der Waals surface area contributed by atoms with Gasteiger partial charge >= 0.3 is 0 Å². The molecule has 3 aromatic rings. The Morgan fingerprint density at radius 1 is 1.00 bits per heavy atom. The van der Waals surface area contributed by atoms with Crippen molar-refractivity contribution in [1.29, 1.82) is 0 Å². The summed E-state index contributed by atoms with van der Waals surface area (Å²) >= 11 is 0. The lowest BCUT2D eigenvalue weighted by Crippen LogP contribution is -2.48. The summed E-state index contributed by atoms with van der Waals surface area (Å²) < 4.78 is 34.4. The minimum atomic E-state index is -3.56. The van der Waals surface area contributed by atoms with Gasteiger partial charge in [-0.3, -0.25) is 14.3 Å². The number of methoxy groups -OCH3 is 1. The Morgan fingerprint density at radius 3 is 2.34 bits per heavy atom. The summed E-state index contributed by atoms with van der Waals surface area (Å²) in [5.74, 6) is 1.34. The first-order chi connectivity index (χ1) is 15.4. The molecule has 0 aliphatic carbocycles. The maximum Gasteiger partial charge on any atom is 0.261 e. The Kier molecular flexibility index (Phi) is 6.59. The molecule has 1 aliphatic rings. The molecule has 0 N–H and O–H groups in total. The summed E-state index contributed by atoms with van der Waals surface area (Å²) in [6, 6.07) is 13.9. The van der Waals surface area contributed by atoms with E-state index in [1.807, 2.05) is 31.2 Å². The van der Waals surface area contributed by atoms with Crippen molar-refractivity contribution in [3.05, 3.63) is 64.7 Å². The minimum Gasteiger partial charge on any atom is -0.497 e. The number of benzene rings is 2. The molecule has 0 saturated carbocycles. The van der Waals surface area contributed by atoms with E-state index in [0.717, 1.165) is 12.2 Å². The van der Waals surface area contributed by atoms with Gasteiger partial charge in [-0.15, -0.1) is 0 Å². The van der Waals surface area contributed by atoms with E-state index in [1.54, 1.807) is 35.9 Å². The van der Waals surface area contributed by atoms with E-state index in [-0.39, 0.29) is 10.5 Å². The Balaban J connectivity index is 1.50. The minimum absolute atomic E-state index is 0.0202. The second-order valence-electron chi connectivity index (χ2n) is 7.86. The lowest BCUT2D eigenvalue weighted by Gasteiger charge is -2.34. The number of nitrogens with zero attached hydrogens (tertiary/aromatic N) is 4. The van der Waals surface area contributed by atoms with Crippen molar-refractivity contribution in [1.82, 2.24) is 18.8 Å². The maximum atomic E-state index is 13.0. The number of ether oxygens (including phenoxy) is 1. The maximum absolute atomic E-state index is 13.0. The molecule has 2 heterocycles. The summed E-state index contributed by atoms with van der Waals surface area (Å²) in [6.07, 6.45) is 0.834. The van der Waals surface area contributed by atoms with Gasteiger partial charge in [0.15, 0.2) is 0 Å². The molecular formula is C23H28N4O4S. The number of rotatable bonds is 7. The van der Waals surface area contributed by atoms with Crippen LogP contribution in [0, 0.1) is 0 Å². The molecule has 1 aromatic heterocycles. The fraction of sp³-hybridized carbons (Fsp3) is 0.391. The molecule has 8 nitrogen and oxygen atoms in total. The third-order valence-electron chi connectivity index (χ3n) is 5.78. The van der Waals surface area contributed by atoms with Crippen molar-refractivity contribution in [2.75, 3.05) is 33.3 Å². The van der Waals surface area contributed by atoms with Gasteiger partial charge < -0.3 is 4.74 Å². The van der Waals surface area contributed by atoms with Crippen LogP contribution in [0.4, 0.5) is 0 Å². The SMILES string of the molecule is CCCn1c(CN2CCN(S(=O)(=O)c3ccc(OC)cc3)CC2)nc2ccccc2c1=O. The van der Waals surface area contributed by atoms with E-state index in [4.69, 9.17) is 9.72 Å². The molecule has 1 aliphatic heterocycles. The Morgan fingerprint density at radius 2 is 1.69 bits per heavy atom. The van der Waals surface area contributed by atoms with E-state index >= 15 is 0 Å². The molecule has 0 radical (unpaired) electrons. The van der Waals surface area contributed by atoms with E-state index in [1.165, 1.54) is 4.31 Å². The largest absolute Gasteiger partial charge is 0.497 e. The van der Waals surface area contributed by atoms with Gasteiger partial charge in [-0.1, -0.05) is 19.1 Å². The number of sulfonamides is 1. The molecule has 0 amide bonds. The summed E-state index contributed by atoms with van der Waals surface area (Å²) in [6.45, 7) is 5.08. The Bertz CT molecular complexity index is 1250. The standard InChI is InChI=1S/C23H28N4O4S/c1-3-12-27-22(24-21-7-5-4-6-20(21)23(27)28)17-25-13-15-26(16-14-25)32(29,30)19-10-8-18(31-2)9-11-19/h4-11H,3,12-17H2,1-2H3. The average Bonchev–Trinajstić information content (AvgIpc) is 2.82. The Labute approximate surface area is 188 Å². The van der Waals surface area contributed by atoms with E-state index in [2.05, 4.69) is 4.90 Å². The number of aromatic nitrogens is 2. The van der Waals surface area contributed by atoms with Crippen LogP contribution in [-0.4, -0.2) is 60.5 Å². The topological polar surface area (TPSA) is 84.7 Å². The van der Waals surface area contributed by atoms with Crippen LogP contribution >= 0.6 is 0 Å². The van der Waals surface area contributed by atoms with E-state index < -0.39 is 10.0 Å². The van der Waals surface area contributed by atoms with Crippen LogP contribution in [-0.2, 0) is 23.1 Å². The highest BCUT2D eigenvalue weighted by molar-refractivity contribution is 7.89. The molecule has 9 heteroatoms. The number of hydrogen-bond acceptors (Lipinski definition) is 6. The monoisotopic (exact) mass is 456 g/mol. The van der Waals surface area contributed by atoms with Gasteiger partial charge in [0.1, 0.15) is 11.6 Å². The molecule has 32 heavy (non-hydrogen) atoms. The predicted molar refractivity (Wildman–Crippen MR) is 123 cm³/mol. The zero-order chi connectivity index (χ0) is 22.7. The molecule has 1 saturated heterocycles. The second-order valence-corrected chi connectivity index (χ2v) is 9.80. The van der Waals surface area contributed by atoms with Gasteiger partial charge in [0, 0.05) is 32.7 Å². The summed E-state index contributed by atoms with van der Waals surface area (Å²) in [5.41, 5.74) is 0.675. The zero-order valence-electron chi connectivity index (χ0n) is 18.4. The molecule has 2 aromatic carbocycles. The van der Waals surface area contributed by atoms with Crippen molar-refractivity contribution in [3.8, 4) is 5.75 Å². The summed E-state index contributed by atoms with van der Waals surface area (Å²) in [7, 11) is -2.01. The smallest absolute Gasteiger partial charge is 0.261 e. The number of piperazine rings is 1. The number of fused-ring (bicyclic) bond motifs is 1. The molecule has 0 atom stereocenters. The first kappa shape index (κ1) is 22.4. The molecular weight excluding hydrogens is 428 g/mol. The van der Waals surface area contributed by atoms with E-state index in [9.17, 15) is 13.2 Å². The van der Waals surface area contributed by atoms with Crippen LogP contribution in [0.2, 0.25) is 0 Å². The lowest BCUT2D eigenvalue weighted by molar-refractivity contribution is 0.175. The molecule has 170 valence electrons. The average molecular weight is 457 g/mol. The zero-order valence-corrected chi connectivity index (χ0v) is 19.2. The van der Waals surface area contributed by atoms with Crippen molar-refractivity contribution in [2.45, 2.75) is 31.3 Å². The normalized spacial score (nSPS) is 15.8. The summed E-state index contributed by atoms with van der Waals surface area (Å²) in [5, 5.41) is 0.625. The fourth-order valence-corrected chi connectivity index (χ4v) is 5.44. The van der Waals surface area contributed by atoms with Crippen molar-refractivity contribution in [3.63, 3.8) is 0 Å². The van der Waals surface area contributed by atoms with Crippen molar-refractivity contribution < 1.29 is 13.2 Å². The molecule has 0 unspecified atom stereocenters. The van der Waals surface area contributed by atoms with Crippen molar-refractivity contribution >= 4 is 20.9 Å². The third kappa shape index (κ3) is 4.41. The lowest BCUT2D eigenvalue weighted by atomic mass is 10.2. The van der Waals surface area contributed by atoms with Crippen LogP contribution in [0.3, 0.4) is 0 Å². The highest BCUT2D eigenvalue weighted by Crippen LogP contribution is 2.21. The molecule has 0 spiro atoms. The van der Waals surface area contributed by atoms with Crippen molar-refractivity contribution in [2.24, 2.45) is 0 Å². The highest BCUT2D eigenvalue weighted by Gasteiger charge is 2.29. The van der Waals surface area contributed by atoms with Gasteiger partial charge in [0.05, 0.1) is 29.5 Å². The number of para-hydroxylation sites is 1. The predicted octanol–water partition coefficient (Wildman–Crippen LogP) is 2.32. The van der Waals surface area contributed by atoms with Crippen LogP contribution in [0.5, 0.6) is 5.75 Å². The second kappa shape index (κ2) is 9.40. The van der Waals surface area contributed by atoms with Gasteiger partial charge in [0.2, 0.25) is 10.0 Å². The highest BCUT2D eigenvalue weighted by atomic mass is 32.2. The molecule has 4 rings (SSSR count). The van der Waals surface area contributed by atoms with Crippen LogP contribution in [0.25, 0.3) is 10.9 Å². The first-order valence-corrected chi connectivity index (χ1v) is 12.2. The van der Waals surface area contributed by atoms with Gasteiger partial charge in [-0.05, 0) is 42.8 Å². The summed E-state index contributed by atoms with van der Waals surface area (Å²) in [4.78, 5) is 20.2.